The molecule has 4 nitrogen and oxygen atoms in total. The highest BCUT2D eigenvalue weighted by Crippen LogP contribution is 2.20. The van der Waals surface area contributed by atoms with Crippen molar-refractivity contribution in [2.45, 2.75) is 34.1 Å². The minimum atomic E-state index is 0. The molecule has 0 atom stereocenters. The quantitative estimate of drug-likeness (QED) is 0.749. The number of carbonyl (C=O) groups excluding carboxylic acids is 1. The van der Waals surface area contributed by atoms with Crippen molar-refractivity contribution in [3.05, 3.63) is 15.6 Å². The molecule has 0 aliphatic heterocycles. The molecule has 0 saturated carbocycles. The standard InChI is InChI=1S/C13H23N3OS.2ClH/c1-5-14-6-7-15-13(17)12-11(8-9(2)3)16-10(4)18-12;;/h9,14H,5-8H2,1-4H3,(H,15,17);2*1H. The van der Waals surface area contributed by atoms with Gasteiger partial charge in [-0.05, 0) is 25.8 Å². The molecule has 1 aromatic heterocycles. The number of aryl methyl sites for hydroxylation is 1. The van der Waals surface area contributed by atoms with Crippen LogP contribution in [0.3, 0.4) is 0 Å². The molecular formula is C13H25Cl2N3OS. The first-order valence-corrected chi connectivity index (χ1v) is 7.31. The molecular weight excluding hydrogens is 317 g/mol. The van der Waals surface area contributed by atoms with Crippen molar-refractivity contribution in [2.24, 2.45) is 5.92 Å². The second-order valence-electron chi connectivity index (χ2n) is 4.72. The normalized spacial score (nSPS) is 9.85. The van der Waals surface area contributed by atoms with E-state index in [0.29, 0.717) is 12.5 Å². The first-order valence-electron chi connectivity index (χ1n) is 6.49. The van der Waals surface area contributed by atoms with Gasteiger partial charge in [-0.2, -0.15) is 0 Å². The lowest BCUT2D eigenvalue weighted by Gasteiger charge is -2.06. The monoisotopic (exact) mass is 341 g/mol. The van der Waals surface area contributed by atoms with Gasteiger partial charge < -0.3 is 10.6 Å². The van der Waals surface area contributed by atoms with Crippen molar-refractivity contribution in [3.8, 4) is 0 Å². The molecule has 0 spiro atoms. The number of rotatable bonds is 7. The van der Waals surface area contributed by atoms with Gasteiger partial charge in [-0.1, -0.05) is 20.8 Å². The maximum absolute atomic E-state index is 12.1. The molecule has 0 fully saturated rings. The molecule has 1 aromatic rings. The van der Waals surface area contributed by atoms with Crippen LogP contribution >= 0.6 is 36.2 Å². The smallest absolute Gasteiger partial charge is 0.263 e. The SMILES string of the molecule is CCNCCNC(=O)c1sc(C)nc1CC(C)C.Cl.Cl. The Bertz CT molecular complexity index is 397. The molecule has 0 aliphatic carbocycles. The Hall–Kier alpha value is -0.360. The van der Waals surface area contributed by atoms with E-state index in [2.05, 4.69) is 36.4 Å². The van der Waals surface area contributed by atoms with Gasteiger partial charge in [0, 0.05) is 13.1 Å². The van der Waals surface area contributed by atoms with Gasteiger partial charge in [0.05, 0.1) is 10.7 Å². The largest absolute Gasteiger partial charge is 0.350 e. The number of amides is 1. The van der Waals surface area contributed by atoms with Crippen LogP contribution in [0.1, 0.15) is 41.1 Å². The molecule has 0 aliphatic rings. The van der Waals surface area contributed by atoms with E-state index in [0.717, 1.165) is 35.1 Å². The minimum Gasteiger partial charge on any atom is -0.350 e. The van der Waals surface area contributed by atoms with Crippen molar-refractivity contribution >= 4 is 42.1 Å². The number of likely N-dealkylation sites (N-methyl/N-ethyl adjacent to an activating group) is 1. The number of halogens is 2. The molecule has 0 radical (unpaired) electrons. The third kappa shape index (κ3) is 7.43. The van der Waals surface area contributed by atoms with Gasteiger partial charge in [-0.15, -0.1) is 36.2 Å². The number of nitrogens with zero attached hydrogens (tertiary/aromatic N) is 1. The lowest BCUT2D eigenvalue weighted by Crippen LogP contribution is -2.31. The summed E-state index contributed by atoms with van der Waals surface area (Å²) in [5, 5.41) is 7.07. The Kier molecular flexibility index (Phi) is 12.4. The Balaban J connectivity index is 0. The summed E-state index contributed by atoms with van der Waals surface area (Å²) in [7, 11) is 0. The van der Waals surface area contributed by atoms with E-state index in [-0.39, 0.29) is 30.7 Å². The van der Waals surface area contributed by atoms with Gasteiger partial charge in [-0.25, -0.2) is 4.98 Å². The highest BCUT2D eigenvalue weighted by molar-refractivity contribution is 7.13. The van der Waals surface area contributed by atoms with Crippen LogP contribution in [0.5, 0.6) is 0 Å². The lowest BCUT2D eigenvalue weighted by molar-refractivity contribution is 0.0957. The average molecular weight is 342 g/mol. The van der Waals surface area contributed by atoms with Crippen molar-refractivity contribution < 1.29 is 4.79 Å². The van der Waals surface area contributed by atoms with Crippen LogP contribution in [0.25, 0.3) is 0 Å². The van der Waals surface area contributed by atoms with Gasteiger partial charge in [-0.3, -0.25) is 4.79 Å². The highest BCUT2D eigenvalue weighted by atomic mass is 35.5. The topological polar surface area (TPSA) is 54.0 Å². The van der Waals surface area contributed by atoms with Crippen LogP contribution in [0.2, 0.25) is 0 Å². The van der Waals surface area contributed by atoms with E-state index in [1.165, 1.54) is 11.3 Å². The van der Waals surface area contributed by atoms with Crippen molar-refractivity contribution in [2.75, 3.05) is 19.6 Å². The van der Waals surface area contributed by atoms with Gasteiger partial charge >= 0.3 is 0 Å². The second kappa shape index (κ2) is 11.3. The molecule has 1 heterocycles. The van der Waals surface area contributed by atoms with Crippen LogP contribution in [0, 0.1) is 12.8 Å². The third-order valence-corrected chi connectivity index (χ3v) is 3.46. The van der Waals surface area contributed by atoms with Gasteiger partial charge in [0.1, 0.15) is 4.88 Å². The highest BCUT2D eigenvalue weighted by Gasteiger charge is 2.16. The summed E-state index contributed by atoms with van der Waals surface area (Å²) in [6, 6.07) is 0. The van der Waals surface area contributed by atoms with Gasteiger partial charge in [0.15, 0.2) is 0 Å². The summed E-state index contributed by atoms with van der Waals surface area (Å²) in [4.78, 5) is 17.3. The summed E-state index contributed by atoms with van der Waals surface area (Å²) < 4.78 is 0. The van der Waals surface area contributed by atoms with E-state index in [1.807, 2.05) is 6.92 Å². The van der Waals surface area contributed by atoms with Gasteiger partial charge in [0.25, 0.3) is 5.91 Å². The summed E-state index contributed by atoms with van der Waals surface area (Å²) in [6.45, 7) is 10.7. The molecule has 1 rings (SSSR count). The fourth-order valence-corrected chi connectivity index (χ4v) is 2.56. The average Bonchev–Trinajstić information content (AvgIpc) is 2.64. The first kappa shape index (κ1) is 21.9. The van der Waals surface area contributed by atoms with Crippen molar-refractivity contribution in [1.82, 2.24) is 15.6 Å². The molecule has 2 N–H and O–H groups in total. The first-order chi connectivity index (χ1) is 8.54. The molecule has 20 heavy (non-hydrogen) atoms. The predicted octanol–water partition coefficient (Wildman–Crippen LogP) is 2.83. The lowest BCUT2D eigenvalue weighted by atomic mass is 10.1. The van der Waals surface area contributed by atoms with E-state index in [9.17, 15) is 4.79 Å². The summed E-state index contributed by atoms with van der Waals surface area (Å²) in [6.07, 6.45) is 0.861. The minimum absolute atomic E-state index is 0. The zero-order valence-corrected chi connectivity index (χ0v) is 14.9. The van der Waals surface area contributed by atoms with E-state index in [4.69, 9.17) is 0 Å². The summed E-state index contributed by atoms with van der Waals surface area (Å²) >= 11 is 1.48. The summed E-state index contributed by atoms with van der Waals surface area (Å²) in [5.74, 6) is 0.522. The molecule has 0 aromatic carbocycles. The zero-order valence-electron chi connectivity index (χ0n) is 12.5. The van der Waals surface area contributed by atoms with Gasteiger partial charge in [0.2, 0.25) is 0 Å². The number of aromatic nitrogens is 1. The van der Waals surface area contributed by atoms with E-state index < -0.39 is 0 Å². The fourth-order valence-electron chi connectivity index (χ4n) is 1.69. The third-order valence-electron chi connectivity index (χ3n) is 2.45. The Morgan fingerprint density at radius 3 is 2.50 bits per heavy atom. The predicted molar refractivity (Wildman–Crippen MR) is 90.8 cm³/mol. The maximum Gasteiger partial charge on any atom is 0.263 e. The number of carbonyl (C=O) groups is 1. The number of hydrogen-bond donors (Lipinski definition) is 2. The second-order valence-corrected chi connectivity index (χ2v) is 5.92. The molecule has 0 bridgehead atoms. The number of nitrogens with one attached hydrogen (secondary N) is 2. The number of hydrogen-bond acceptors (Lipinski definition) is 4. The van der Waals surface area contributed by atoms with Crippen LogP contribution < -0.4 is 10.6 Å². The maximum atomic E-state index is 12.1. The molecule has 1 amide bonds. The fraction of sp³-hybridized carbons (Fsp3) is 0.692. The van der Waals surface area contributed by atoms with Crippen LogP contribution in [-0.4, -0.2) is 30.5 Å². The van der Waals surface area contributed by atoms with Crippen LogP contribution in [-0.2, 0) is 6.42 Å². The molecule has 0 unspecified atom stereocenters. The van der Waals surface area contributed by atoms with Crippen molar-refractivity contribution in [1.29, 1.82) is 0 Å². The number of thiazole rings is 1. The molecule has 7 heteroatoms. The van der Waals surface area contributed by atoms with Crippen LogP contribution in [0.4, 0.5) is 0 Å². The Labute approximate surface area is 138 Å². The molecule has 0 saturated heterocycles. The van der Waals surface area contributed by atoms with Crippen LogP contribution in [0.15, 0.2) is 0 Å². The molecule has 118 valence electrons. The summed E-state index contributed by atoms with van der Waals surface area (Å²) in [5.41, 5.74) is 0.938. The Morgan fingerprint density at radius 1 is 1.30 bits per heavy atom. The Morgan fingerprint density at radius 2 is 1.95 bits per heavy atom. The van der Waals surface area contributed by atoms with E-state index in [1.54, 1.807) is 0 Å². The zero-order chi connectivity index (χ0) is 13.5. The van der Waals surface area contributed by atoms with E-state index >= 15 is 0 Å². The van der Waals surface area contributed by atoms with Crippen molar-refractivity contribution in [3.63, 3.8) is 0 Å².